The number of aryl methyl sites for hydroxylation is 1. The third-order valence-electron chi connectivity index (χ3n) is 5.42. The monoisotopic (exact) mass is 438 g/mol. The maximum absolute atomic E-state index is 14.6. The maximum Gasteiger partial charge on any atom is 0.295 e. The van der Waals surface area contributed by atoms with Crippen LogP contribution in [0.5, 0.6) is 0 Å². The van der Waals surface area contributed by atoms with E-state index in [9.17, 15) is 14.0 Å². The summed E-state index contributed by atoms with van der Waals surface area (Å²) >= 11 is 0. The number of piperazine rings is 1. The molecule has 0 bridgehead atoms. The number of nitrogens with one attached hydrogen (secondary N) is 1. The Hall–Kier alpha value is -3.99. The summed E-state index contributed by atoms with van der Waals surface area (Å²) in [6, 6.07) is 3.85. The van der Waals surface area contributed by atoms with E-state index in [1.54, 1.807) is 6.20 Å². The van der Waals surface area contributed by atoms with E-state index in [-0.39, 0.29) is 22.3 Å². The van der Waals surface area contributed by atoms with Crippen LogP contribution in [0.15, 0.2) is 43.1 Å². The summed E-state index contributed by atoms with van der Waals surface area (Å²) in [5.41, 5.74) is 6.51. The van der Waals surface area contributed by atoms with Gasteiger partial charge in [0.15, 0.2) is 11.6 Å². The van der Waals surface area contributed by atoms with Crippen LogP contribution in [0.3, 0.4) is 0 Å². The van der Waals surface area contributed by atoms with Crippen molar-refractivity contribution in [1.29, 1.82) is 0 Å². The smallest absolute Gasteiger partial charge is 0.295 e. The minimum absolute atomic E-state index is 0.0445. The fourth-order valence-corrected chi connectivity index (χ4v) is 3.82. The van der Waals surface area contributed by atoms with Crippen LogP contribution in [-0.4, -0.2) is 57.7 Å². The number of ketones is 1. The van der Waals surface area contributed by atoms with Crippen molar-refractivity contribution in [1.82, 2.24) is 19.9 Å². The van der Waals surface area contributed by atoms with E-state index in [1.165, 1.54) is 23.5 Å². The maximum atomic E-state index is 14.6. The van der Waals surface area contributed by atoms with E-state index < -0.39 is 17.5 Å². The highest BCUT2D eigenvalue weighted by atomic mass is 19.1. The molecule has 1 amide bonds. The summed E-state index contributed by atoms with van der Waals surface area (Å²) < 4.78 is 14.6. The van der Waals surface area contributed by atoms with Crippen molar-refractivity contribution in [3.05, 3.63) is 60.1 Å². The fraction of sp³-hybridized carbons (Fsp3) is 0.238. The molecule has 1 fully saturated rings. The van der Waals surface area contributed by atoms with Gasteiger partial charge in [-0.1, -0.05) is 6.07 Å². The SMILES string of the molecule is Cc1cccnc1N1CCN(C(=O)C(=O)c2c[nH]c3c(N(N)/C=C\N)ncc(F)c23)CC1. The Morgan fingerprint density at radius 1 is 1.25 bits per heavy atom. The molecule has 0 aromatic carbocycles. The van der Waals surface area contributed by atoms with Crippen LogP contribution in [0.4, 0.5) is 16.0 Å². The molecule has 1 saturated heterocycles. The van der Waals surface area contributed by atoms with E-state index in [0.29, 0.717) is 26.2 Å². The Morgan fingerprint density at radius 2 is 2.00 bits per heavy atom. The van der Waals surface area contributed by atoms with E-state index >= 15 is 0 Å². The average molecular weight is 438 g/mol. The van der Waals surface area contributed by atoms with Gasteiger partial charge in [-0.25, -0.2) is 20.2 Å². The van der Waals surface area contributed by atoms with Crippen LogP contribution in [0.1, 0.15) is 15.9 Å². The zero-order valence-electron chi connectivity index (χ0n) is 17.5. The van der Waals surface area contributed by atoms with Crippen LogP contribution >= 0.6 is 0 Å². The van der Waals surface area contributed by atoms with Crippen molar-refractivity contribution in [2.45, 2.75) is 6.92 Å². The van der Waals surface area contributed by atoms with Crippen LogP contribution in [0.2, 0.25) is 0 Å². The molecule has 3 aromatic rings. The first kappa shape index (κ1) is 21.2. The highest BCUT2D eigenvalue weighted by Crippen LogP contribution is 2.28. The number of fused-ring (bicyclic) bond motifs is 1. The highest BCUT2D eigenvalue weighted by molar-refractivity contribution is 6.45. The first-order chi connectivity index (χ1) is 15.4. The van der Waals surface area contributed by atoms with E-state index in [4.69, 9.17) is 11.6 Å². The number of hydrogen-bond donors (Lipinski definition) is 3. The molecule has 4 rings (SSSR count). The molecule has 1 aliphatic rings. The average Bonchev–Trinajstić information content (AvgIpc) is 3.25. The van der Waals surface area contributed by atoms with Gasteiger partial charge < -0.3 is 20.5 Å². The summed E-state index contributed by atoms with van der Waals surface area (Å²) in [7, 11) is 0. The Morgan fingerprint density at radius 3 is 2.69 bits per heavy atom. The van der Waals surface area contributed by atoms with Crippen LogP contribution in [-0.2, 0) is 4.79 Å². The number of hydrazine groups is 1. The van der Waals surface area contributed by atoms with Gasteiger partial charge in [0.25, 0.3) is 11.7 Å². The van der Waals surface area contributed by atoms with Gasteiger partial charge in [-0.05, 0) is 18.6 Å². The molecule has 4 heterocycles. The number of pyridine rings is 2. The molecule has 1 aliphatic heterocycles. The third-order valence-corrected chi connectivity index (χ3v) is 5.42. The largest absolute Gasteiger partial charge is 0.403 e. The molecule has 0 aliphatic carbocycles. The summed E-state index contributed by atoms with van der Waals surface area (Å²) in [5, 5.41) is 1.05. The molecule has 166 valence electrons. The van der Waals surface area contributed by atoms with Crippen molar-refractivity contribution in [3.63, 3.8) is 0 Å². The number of Topliss-reactive ketones (excluding diaryl/α,β-unsaturated/α-hetero) is 1. The Bertz CT molecular complexity index is 1200. The lowest BCUT2D eigenvalue weighted by Gasteiger charge is -2.35. The van der Waals surface area contributed by atoms with Gasteiger partial charge in [-0.3, -0.25) is 14.6 Å². The second kappa shape index (κ2) is 8.63. The Kier molecular flexibility index (Phi) is 5.73. The number of nitrogens with two attached hydrogens (primary N) is 2. The first-order valence-electron chi connectivity index (χ1n) is 10.0. The van der Waals surface area contributed by atoms with Crippen molar-refractivity contribution in [2.75, 3.05) is 36.1 Å². The van der Waals surface area contributed by atoms with Gasteiger partial charge in [0.05, 0.1) is 22.7 Å². The predicted octanol–water partition coefficient (Wildman–Crippen LogP) is 1.05. The molecule has 0 radical (unpaired) electrons. The normalized spacial score (nSPS) is 14.3. The van der Waals surface area contributed by atoms with Crippen LogP contribution in [0.25, 0.3) is 10.9 Å². The lowest BCUT2D eigenvalue weighted by molar-refractivity contribution is -0.126. The third kappa shape index (κ3) is 3.73. The molecule has 11 heteroatoms. The number of carbonyl (C=O) groups is 2. The summed E-state index contributed by atoms with van der Waals surface area (Å²) in [6.07, 6.45) is 6.50. The number of anilines is 2. The number of H-pyrrole nitrogens is 1. The number of halogens is 1. The minimum atomic E-state index is -0.798. The molecule has 0 atom stereocenters. The number of amides is 1. The summed E-state index contributed by atoms with van der Waals surface area (Å²) in [4.78, 5) is 40.6. The molecular formula is C21H23FN8O2. The molecule has 32 heavy (non-hydrogen) atoms. The van der Waals surface area contributed by atoms with Gasteiger partial charge in [0.2, 0.25) is 0 Å². The van der Waals surface area contributed by atoms with Crippen molar-refractivity contribution in [2.24, 2.45) is 11.6 Å². The molecule has 0 saturated carbocycles. The first-order valence-corrected chi connectivity index (χ1v) is 10.0. The van der Waals surface area contributed by atoms with Crippen molar-refractivity contribution < 1.29 is 14.0 Å². The highest BCUT2D eigenvalue weighted by Gasteiger charge is 2.30. The number of aromatic amines is 1. The topological polar surface area (TPSA) is 137 Å². The molecule has 0 unspecified atom stereocenters. The summed E-state index contributed by atoms with van der Waals surface area (Å²) in [5.74, 6) is 4.65. The Balaban J connectivity index is 1.54. The zero-order chi connectivity index (χ0) is 22.8. The van der Waals surface area contributed by atoms with Gasteiger partial charge in [0, 0.05) is 51.0 Å². The van der Waals surface area contributed by atoms with Crippen molar-refractivity contribution in [3.8, 4) is 0 Å². The fourth-order valence-electron chi connectivity index (χ4n) is 3.82. The van der Waals surface area contributed by atoms with Gasteiger partial charge >= 0.3 is 0 Å². The molecule has 10 nitrogen and oxygen atoms in total. The van der Waals surface area contributed by atoms with Crippen LogP contribution < -0.4 is 21.5 Å². The van der Waals surface area contributed by atoms with E-state index in [0.717, 1.165) is 22.6 Å². The van der Waals surface area contributed by atoms with Crippen molar-refractivity contribution >= 4 is 34.2 Å². The quantitative estimate of drug-likeness (QED) is 0.233. The number of nitrogens with zero attached hydrogens (tertiary/aromatic N) is 5. The summed E-state index contributed by atoms with van der Waals surface area (Å²) in [6.45, 7) is 3.78. The second-order valence-electron chi connectivity index (χ2n) is 7.38. The van der Waals surface area contributed by atoms with Gasteiger partial charge in [-0.15, -0.1) is 0 Å². The van der Waals surface area contributed by atoms with Gasteiger partial charge in [0.1, 0.15) is 5.82 Å². The zero-order valence-corrected chi connectivity index (χ0v) is 17.5. The number of carbonyl (C=O) groups excluding carboxylic acids is 2. The molecule has 5 N–H and O–H groups in total. The predicted molar refractivity (Wildman–Crippen MR) is 118 cm³/mol. The van der Waals surface area contributed by atoms with E-state index in [2.05, 4.69) is 19.9 Å². The second-order valence-corrected chi connectivity index (χ2v) is 7.38. The minimum Gasteiger partial charge on any atom is -0.403 e. The number of rotatable bonds is 5. The standard InChI is InChI=1S/C21H23FN8O2/c1-13-3-2-5-25-19(13)28-7-9-29(10-8-28)21(32)18(31)14-11-26-17-16(14)15(22)12-27-20(17)30(24)6-4-23/h2-6,11-12,26H,7-10,23-24H2,1H3/b6-4-. The van der Waals surface area contributed by atoms with Gasteiger partial charge in [-0.2, -0.15) is 0 Å². The Labute approximate surface area is 183 Å². The van der Waals surface area contributed by atoms with Crippen LogP contribution in [0, 0.1) is 12.7 Å². The lowest BCUT2D eigenvalue weighted by atomic mass is 10.1. The number of hydrogen-bond acceptors (Lipinski definition) is 8. The molecule has 0 spiro atoms. The van der Waals surface area contributed by atoms with E-state index in [1.807, 2.05) is 19.1 Å². The molecular weight excluding hydrogens is 415 g/mol. The molecule has 3 aromatic heterocycles. The lowest BCUT2D eigenvalue weighted by Crippen LogP contribution is -2.51. The number of aromatic nitrogens is 3.